The molecule has 5 nitrogen and oxygen atoms in total. The van der Waals surface area contributed by atoms with Crippen LogP contribution in [0.3, 0.4) is 0 Å². The van der Waals surface area contributed by atoms with Crippen molar-refractivity contribution < 1.29 is 4.74 Å². The van der Waals surface area contributed by atoms with Crippen molar-refractivity contribution in [2.45, 2.75) is 33.6 Å². The molecule has 0 radical (unpaired) electrons. The summed E-state index contributed by atoms with van der Waals surface area (Å²) in [4.78, 5) is 2.38. The van der Waals surface area contributed by atoms with E-state index in [2.05, 4.69) is 24.0 Å². The van der Waals surface area contributed by atoms with Crippen molar-refractivity contribution in [3.05, 3.63) is 16.8 Å². The fourth-order valence-corrected chi connectivity index (χ4v) is 2.35. The van der Waals surface area contributed by atoms with Crippen LogP contribution in [0.2, 0.25) is 0 Å². The molecule has 0 aliphatic carbocycles. The van der Waals surface area contributed by atoms with Crippen LogP contribution in [0.15, 0.2) is 0 Å². The molecule has 1 heterocycles. The standard InChI is InChI=1S/C14H24N4OS/c1-5-10-11(6-2)16-17-14(12(10)13(15)20)18(4)8-9-19-7-3/h5-9H2,1-4H3,(H2,15,20). The number of hydrogen-bond donors (Lipinski definition) is 1. The monoisotopic (exact) mass is 296 g/mol. The molecule has 0 amide bonds. The Kier molecular flexibility index (Phi) is 6.81. The second kappa shape index (κ2) is 8.11. The van der Waals surface area contributed by atoms with Gasteiger partial charge >= 0.3 is 0 Å². The van der Waals surface area contributed by atoms with E-state index in [1.165, 1.54) is 0 Å². The number of likely N-dealkylation sites (N-methyl/N-ethyl adjacent to an activating group) is 1. The summed E-state index contributed by atoms with van der Waals surface area (Å²) >= 11 is 5.22. The number of aryl methyl sites for hydroxylation is 1. The number of ether oxygens (including phenoxy) is 1. The summed E-state index contributed by atoms with van der Waals surface area (Å²) in [5.41, 5.74) is 8.84. The van der Waals surface area contributed by atoms with Crippen LogP contribution >= 0.6 is 12.2 Å². The third kappa shape index (κ3) is 3.86. The summed E-state index contributed by atoms with van der Waals surface area (Å²) in [5.74, 6) is 0.742. The maximum atomic E-state index is 5.91. The summed E-state index contributed by atoms with van der Waals surface area (Å²) in [6.07, 6.45) is 1.67. The Morgan fingerprint density at radius 3 is 2.45 bits per heavy atom. The molecule has 1 aromatic heterocycles. The number of anilines is 1. The van der Waals surface area contributed by atoms with E-state index < -0.39 is 0 Å². The minimum atomic E-state index is 0.379. The second-order valence-electron chi connectivity index (χ2n) is 4.51. The average Bonchev–Trinajstić information content (AvgIpc) is 2.45. The first kappa shape index (κ1) is 16.8. The summed E-state index contributed by atoms with van der Waals surface area (Å²) in [5, 5.41) is 8.62. The van der Waals surface area contributed by atoms with Crippen molar-refractivity contribution >= 4 is 23.0 Å². The van der Waals surface area contributed by atoms with Crippen molar-refractivity contribution in [3.8, 4) is 0 Å². The van der Waals surface area contributed by atoms with Crippen molar-refractivity contribution in [1.82, 2.24) is 10.2 Å². The maximum Gasteiger partial charge on any atom is 0.161 e. The molecule has 1 aromatic rings. The lowest BCUT2D eigenvalue weighted by atomic mass is 10.0. The number of nitrogens with two attached hydrogens (primary N) is 1. The molecule has 0 saturated heterocycles. The fraction of sp³-hybridized carbons (Fsp3) is 0.643. The molecule has 1 rings (SSSR count). The molecule has 20 heavy (non-hydrogen) atoms. The Balaban J connectivity index is 3.15. The molecule has 0 fully saturated rings. The molecule has 0 aliphatic heterocycles. The van der Waals surface area contributed by atoms with Gasteiger partial charge in [0, 0.05) is 20.2 Å². The molecule has 0 spiro atoms. The van der Waals surface area contributed by atoms with Crippen LogP contribution in [-0.4, -0.2) is 42.0 Å². The smallest absolute Gasteiger partial charge is 0.161 e. The van der Waals surface area contributed by atoms with Gasteiger partial charge in [0.25, 0.3) is 0 Å². The third-order valence-electron chi connectivity index (χ3n) is 3.21. The van der Waals surface area contributed by atoms with Gasteiger partial charge in [0.05, 0.1) is 17.9 Å². The number of nitrogens with zero attached hydrogens (tertiary/aromatic N) is 3. The zero-order valence-corrected chi connectivity index (χ0v) is 13.6. The zero-order valence-electron chi connectivity index (χ0n) is 12.8. The van der Waals surface area contributed by atoms with Gasteiger partial charge in [-0.3, -0.25) is 0 Å². The lowest BCUT2D eigenvalue weighted by Crippen LogP contribution is -2.28. The second-order valence-corrected chi connectivity index (χ2v) is 4.95. The topological polar surface area (TPSA) is 64.3 Å². The Bertz CT molecular complexity index is 465. The fourth-order valence-electron chi connectivity index (χ4n) is 2.14. The van der Waals surface area contributed by atoms with E-state index in [-0.39, 0.29) is 0 Å². The summed E-state index contributed by atoms with van der Waals surface area (Å²) < 4.78 is 5.37. The maximum absolute atomic E-state index is 5.91. The van der Waals surface area contributed by atoms with Gasteiger partial charge in [-0.2, -0.15) is 5.10 Å². The SMILES string of the molecule is CCOCCN(C)c1nnc(CC)c(CC)c1C(N)=S. The van der Waals surface area contributed by atoms with Gasteiger partial charge < -0.3 is 15.4 Å². The molecule has 2 N–H and O–H groups in total. The van der Waals surface area contributed by atoms with E-state index in [0.717, 1.165) is 42.0 Å². The minimum absolute atomic E-state index is 0.379. The molecule has 0 atom stereocenters. The van der Waals surface area contributed by atoms with Crippen molar-refractivity contribution in [3.63, 3.8) is 0 Å². The van der Waals surface area contributed by atoms with Crippen LogP contribution in [0, 0.1) is 0 Å². The number of hydrogen-bond acceptors (Lipinski definition) is 5. The Morgan fingerprint density at radius 2 is 1.95 bits per heavy atom. The highest BCUT2D eigenvalue weighted by Gasteiger charge is 2.19. The van der Waals surface area contributed by atoms with Crippen LogP contribution in [0.25, 0.3) is 0 Å². The average molecular weight is 296 g/mol. The van der Waals surface area contributed by atoms with Crippen LogP contribution in [0.4, 0.5) is 5.82 Å². The Morgan fingerprint density at radius 1 is 1.25 bits per heavy atom. The Labute approximate surface area is 126 Å². The van der Waals surface area contributed by atoms with Crippen molar-refractivity contribution in [1.29, 1.82) is 0 Å². The van der Waals surface area contributed by atoms with Gasteiger partial charge in [-0.05, 0) is 25.3 Å². The Hall–Kier alpha value is -1.27. The molecular weight excluding hydrogens is 272 g/mol. The molecule has 0 aromatic carbocycles. The van der Waals surface area contributed by atoms with Gasteiger partial charge in [-0.25, -0.2) is 0 Å². The molecule has 0 saturated carbocycles. The number of aromatic nitrogens is 2. The first-order chi connectivity index (χ1) is 9.56. The van der Waals surface area contributed by atoms with Gasteiger partial charge in [-0.15, -0.1) is 5.10 Å². The predicted molar refractivity (Wildman–Crippen MR) is 86.4 cm³/mol. The lowest BCUT2D eigenvalue weighted by molar-refractivity contribution is 0.154. The predicted octanol–water partition coefficient (Wildman–Crippen LogP) is 1.71. The lowest BCUT2D eigenvalue weighted by Gasteiger charge is -2.22. The molecule has 0 unspecified atom stereocenters. The summed E-state index contributed by atoms with van der Waals surface area (Å²) in [6.45, 7) is 8.20. The van der Waals surface area contributed by atoms with Crippen molar-refractivity contribution in [2.24, 2.45) is 5.73 Å². The number of thiocarbonyl (C=S) groups is 1. The highest BCUT2D eigenvalue weighted by atomic mass is 32.1. The van der Waals surface area contributed by atoms with Gasteiger partial charge in [0.1, 0.15) is 4.99 Å². The van der Waals surface area contributed by atoms with Gasteiger partial charge in [0.2, 0.25) is 0 Å². The first-order valence-electron chi connectivity index (χ1n) is 7.03. The van der Waals surface area contributed by atoms with Gasteiger partial charge in [0.15, 0.2) is 5.82 Å². The third-order valence-corrected chi connectivity index (χ3v) is 3.41. The summed E-state index contributed by atoms with van der Waals surface area (Å²) in [7, 11) is 1.95. The van der Waals surface area contributed by atoms with E-state index in [1.807, 2.05) is 18.9 Å². The number of rotatable bonds is 8. The van der Waals surface area contributed by atoms with E-state index in [1.54, 1.807) is 0 Å². The van der Waals surface area contributed by atoms with Crippen LogP contribution in [-0.2, 0) is 17.6 Å². The molecule has 0 aliphatic rings. The molecule has 112 valence electrons. The highest BCUT2D eigenvalue weighted by molar-refractivity contribution is 7.80. The summed E-state index contributed by atoms with van der Waals surface area (Å²) in [6, 6.07) is 0. The van der Waals surface area contributed by atoms with E-state index >= 15 is 0 Å². The van der Waals surface area contributed by atoms with E-state index in [9.17, 15) is 0 Å². The molecule has 6 heteroatoms. The van der Waals surface area contributed by atoms with Crippen molar-refractivity contribution in [2.75, 3.05) is 31.7 Å². The highest BCUT2D eigenvalue weighted by Crippen LogP contribution is 2.23. The minimum Gasteiger partial charge on any atom is -0.389 e. The van der Waals surface area contributed by atoms with Crippen LogP contribution < -0.4 is 10.6 Å². The van der Waals surface area contributed by atoms with E-state index in [0.29, 0.717) is 18.2 Å². The van der Waals surface area contributed by atoms with E-state index in [4.69, 9.17) is 22.7 Å². The zero-order chi connectivity index (χ0) is 15.1. The quantitative estimate of drug-likeness (QED) is 0.582. The normalized spacial score (nSPS) is 10.6. The molecule has 0 bridgehead atoms. The van der Waals surface area contributed by atoms with Crippen LogP contribution in [0.1, 0.15) is 37.6 Å². The van der Waals surface area contributed by atoms with Gasteiger partial charge in [-0.1, -0.05) is 26.1 Å². The first-order valence-corrected chi connectivity index (χ1v) is 7.44. The van der Waals surface area contributed by atoms with Crippen LogP contribution in [0.5, 0.6) is 0 Å². The molecular formula is C14H24N4OS. The largest absolute Gasteiger partial charge is 0.389 e.